The lowest BCUT2D eigenvalue weighted by Crippen LogP contribution is -2.34. The summed E-state index contributed by atoms with van der Waals surface area (Å²) >= 11 is 0. The number of nitrogens with zero attached hydrogens (tertiary/aromatic N) is 2. The van der Waals surface area contributed by atoms with Gasteiger partial charge >= 0.3 is 0 Å². The Balaban J connectivity index is 1.36. The zero-order valence-electron chi connectivity index (χ0n) is 34.3. The highest BCUT2D eigenvalue weighted by Gasteiger charge is 2.30. The molecule has 0 spiro atoms. The first-order chi connectivity index (χ1) is 28.3. The Morgan fingerprint density at radius 2 is 0.729 bits per heavy atom. The summed E-state index contributed by atoms with van der Waals surface area (Å²) in [6, 6.07) is 25.5. The molecule has 0 atom stereocenters. The fraction of sp³-hybridized carbons (Fsp3) is 0.231. The minimum absolute atomic E-state index is 0.0676. The van der Waals surface area contributed by atoms with E-state index < -0.39 is 0 Å². The highest BCUT2D eigenvalue weighted by molar-refractivity contribution is 6.48. The van der Waals surface area contributed by atoms with Crippen molar-refractivity contribution in [3.63, 3.8) is 0 Å². The molecule has 0 radical (unpaired) electrons. The summed E-state index contributed by atoms with van der Waals surface area (Å²) in [5.41, 5.74) is 4.26. The van der Waals surface area contributed by atoms with Crippen LogP contribution < -0.4 is 22.2 Å². The van der Waals surface area contributed by atoms with Gasteiger partial charge in [-0.05, 0) is 109 Å². The topological polar surface area (TPSA) is 91.3 Å². The quantitative estimate of drug-likeness (QED) is 0.124. The smallest absolute Gasteiger partial charge is 0.266 e. The number of furan rings is 1. The summed E-state index contributed by atoms with van der Waals surface area (Å²) < 4.78 is 9.14. The number of benzene rings is 8. The zero-order valence-corrected chi connectivity index (χ0v) is 34.3. The molecule has 7 nitrogen and oxygen atoms in total. The second-order valence-corrected chi connectivity index (χ2v) is 17.8. The van der Waals surface area contributed by atoms with Crippen LogP contribution >= 0.6 is 0 Å². The van der Waals surface area contributed by atoms with Gasteiger partial charge in [-0.25, -0.2) is 9.13 Å². The van der Waals surface area contributed by atoms with Gasteiger partial charge in [0.05, 0.1) is 17.6 Å². The van der Waals surface area contributed by atoms with Gasteiger partial charge in [0.2, 0.25) is 0 Å². The van der Waals surface area contributed by atoms with Gasteiger partial charge in [-0.1, -0.05) is 104 Å². The second kappa shape index (κ2) is 12.0. The second-order valence-electron chi connectivity index (χ2n) is 17.8. The number of rotatable bonds is 6. The van der Waals surface area contributed by atoms with Gasteiger partial charge in [-0.2, -0.15) is 0 Å². The SMILES string of the molecule is CC(C)c1cccc(C(C)C)c1-n1c(=O)c2ccc3c4ccc5c(=O)n(-c6c(C(C)C)cccc6C(C)C)c(=O)c6cc7c8occc8c8cc(c1=O)c2c3c8c7c4c56. The van der Waals surface area contributed by atoms with Crippen LogP contribution in [0.4, 0.5) is 0 Å². The lowest BCUT2D eigenvalue weighted by molar-refractivity contribution is 0.619. The summed E-state index contributed by atoms with van der Waals surface area (Å²) in [6.45, 7) is 16.7. The molecule has 0 saturated heterocycles. The average Bonchev–Trinajstić information content (AvgIpc) is 3.72. The number of aromatic nitrogens is 2. The zero-order chi connectivity index (χ0) is 41.1. The van der Waals surface area contributed by atoms with Crippen LogP contribution in [-0.2, 0) is 0 Å². The number of fused-ring (bicyclic) bond motifs is 4. The molecule has 0 fully saturated rings. The van der Waals surface area contributed by atoms with Gasteiger partial charge in [0.15, 0.2) is 0 Å². The summed E-state index contributed by atoms with van der Waals surface area (Å²) in [4.78, 5) is 60.2. The van der Waals surface area contributed by atoms with Gasteiger partial charge in [-0.15, -0.1) is 0 Å². The van der Waals surface area contributed by atoms with Gasteiger partial charge in [0.1, 0.15) is 5.58 Å². The summed E-state index contributed by atoms with van der Waals surface area (Å²) in [7, 11) is 0. The van der Waals surface area contributed by atoms with E-state index in [0.29, 0.717) is 49.3 Å². The monoisotopic (exact) mass is 774 g/mol. The van der Waals surface area contributed by atoms with Crippen molar-refractivity contribution < 1.29 is 4.42 Å². The van der Waals surface area contributed by atoms with E-state index in [0.717, 1.165) is 70.7 Å². The van der Waals surface area contributed by atoms with E-state index in [4.69, 9.17) is 4.42 Å². The molecule has 0 aliphatic heterocycles. The molecule has 0 aliphatic rings. The first-order valence-electron chi connectivity index (χ1n) is 20.7. The Labute approximate surface area is 338 Å². The summed E-state index contributed by atoms with van der Waals surface area (Å²) in [6.07, 6.45) is 1.65. The molecular weight excluding hydrogens is 733 g/mol. The van der Waals surface area contributed by atoms with Crippen LogP contribution in [0.25, 0.3) is 97.8 Å². The fourth-order valence-electron chi connectivity index (χ4n) is 10.5. The number of pyridine rings is 2. The fourth-order valence-corrected chi connectivity index (χ4v) is 10.5. The van der Waals surface area contributed by atoms with E-state index in [1.165, 1.54) is 9.13 Å². The van der Waals surface area contributed by atoms with E-state index in [1.54, 1.807) is 6.26 Å². The number of para-hydroxylation sites is 2. The highest BCUT2D eigenvalue weighted by Crippen LogP contribution is 2.51. The average molecular weight is 775 g/mol. The Morgan fingerprint density at radius 3 is 1.15 bits per heavy atom. The Morgan fingerprint density at radius 1 is 0.373 bits per heavy atom. The Kier molecular flexibility index (Phi) is 7.22. The molecule has 3 heterocycles. The maximum Gasteiger partial charge on any atom is 0.266 e. The first kappa shape index (κ1) is 35.6. The van der Waals surface area contributed by atoms with Crippen LogP contribution in [0.15, 0.2) is 109 Å². The summed E-state index contributed by atoms with van der Waals surface area (Å²) in [5.74, 6) is 0.276. The van der Waals surface area contributed by atoms with Gasteiger partial charge in [0, 0.05) is 48.5 Å². The molecule has 11 rings (SSSR count). The van der Waals surface area contributed by atoms with E-state index in [2.05, 4.69) is 55.4 Å². The van der Waals surface area contributed by atoms with Crippen LogP contribution in [0.5, 0.6) is 0 Å². The molecule has 0 N–H and O–H groups in total. The molecule has 0 bridgehead atoms. The molecule has 290 valence electrons. The third-order valence-electron chi connectivity index (χ3n) is 13.2. The maximum absolute atomic E-state index is 15.2. The van der Waals surface area contributed by atoms with Crippen molar-refractivity contribution in [3.8, 4) is 11.4 Å². The third kappa shape index (κ3) is 4.37. The molecule has 0 unspecified atom stereocenters. The predicted molar refractivity (Wildman–Crippen MR) is 244 cm³/mol. The molecule has 7 heteroatoms. The standard InChI is InChI=1S/C52H42N2O5/c1-23(2)27-11-9-12-28(24(3)4)46(27)53-49(55)34-17-15-31-32-16-18-35-41-39(52(58)54(50(35)56)47-29(25(5)6)13-10-14-30(47)26(7)8)22-37-45(43(32)41)44-36(33-19-20-59-48(33)37)21-38(51(53)57)40(34)42(31)44/h9-26H,1-8H3. The van der Waals surface area contributed by atoms with Crippen molar-refractivity contribution >= 4 is 86.4 Å². The van der Waals surface area contributed by atoms with Crippen molar-refractivity contribution in [2.24, 2.45) is 0 Å². The molecule has 0 amide bonds. The van der Waals surface area contributed by atoms with Gasteiger partial charge in [-0.3, -0.25) is 19.2 Å². The highest BCUT2D eigenvalue weighted by atomic mass is 16.3. The van der Waals surface area contributed by atoms with Crippen LogP contribution in [0.1, 0.15) is 101 Å². The first-order valence-corrected chi connectivity index (χ1v) is 20.7. The Hall–Kier alpha value is -6.60. The van der Waals surface area contributed by atoms with Gasteiger partial charge in [0.25, 0.3) is 22.2 Å². The van der Waals surface area contributed by atoms with E-state index in [9.17, 15) is 9.59 Å². The van der Waals surface area contributed by atoms with Crippen LogP contribution in [0.3, 0.4) is 0 Å². The van der Waals surface area contributed by atoms with Crippen LogP contribution in [0, 0.1) is 0 Å². The van der Waals surface area contributed by atoms with Crippen molar-refractivity contribution in [3.05, 3.63) is 149 Å². The van der Waals surface area contributed by atoms with Crippen LogP contribution in [0.2, 0.25) is 0 Å². The molecule has 0 saturated carbocycles. The van der Waals surface area contributed by atoms with E-state index in [1.807, 2.05) is 78.9 Å². The molecule has 0 aliphatic carbocycles. The summed E-state index contributed by atoms with van der Waals surface area (Å²) in [5, 5.41) is 10.5. The van der Waals surface area contributed by atoms with Crippen molar-refractivity contribution in [2.45, 2.75) is 79.1 Å². The van der Waals surface area contributed by atoms with Gasteiger partial charge < -0.3 is 4.42 Å². The third-order valence-corrected chi connectivity index (χ3v) is 13.2. The van der Waals surface area contributed by atoms with Crippen molar-refractivity contribution in [2.75, 3.05) is 0 Å². The van der Waals surface area contributed by atoms with E-state index >= 15 is 9.59 Å². The lowest BCUT2D eigenvalue weighted by Gasteiger charge is -2.24. The molecule has 11 aromatic rings. The Bertz CT molecular complexity index is 3520. The normalized spacial score (nSPS) is 12.9. The largest absolute Gasteiger partial charge is 0.464 e. The molecule has 3 aromatic heterocycles. The number of hydrogen-bond acceptors (Lipinski definition) is 5. The van der Waals surface area contributed by atoms with Crippen LogP contribution in [-0.4, -0.2) is 9.13 Å². The van der Waals surface area contributed by atoms with E-state index in [-0.39, 0.29) is 45.9 Å². The molecule has 59 heavy (non-hydrogen) atoms. The van der Waals surface area contributed by atoms with Crippen molar-refractivity contribution in [1.29, 1.82) is 0 Å². The minimum atomic E-state index is -0.369. The minimum Gasteiger partial charge on any atom is -0.464 e. The number of hydrogen-bond donors (Lipinski definition) is 0. The molecule has 8 aromatic carbocycles. The van der Waals surface area contributed by atoms with Crippen molar-refractivity contribution in [1.82, 2.24) is 9.13 Å². The molecular formula is C52H42N2O5. The lowest BCUT2D eigenvalue weighted by atomic mass is 9.81. The maximum atomic E-state index is 15.2. The predicted octanol–water partition coefficient (Wildman–Crippen LogP) is 11.8.